The van der Waals surface area contributed by atoms with Crippen LogP contribution >= 0.6 is 0 Å². The van der Waals surface area contributed by atoms with Crippen LogP contribution in [0, 0.1) is 6.92 Å². The van der Waals surface area contributed by atoms with Crippen LogP contribution in [0.1, 0.15) is 5.56 Å². The summed E-state index contributed by atoms with van der Waals surface area (Å²) in [6.07, 6.45) is 0. The van der Waals surface area contributed by atoms with Gasteiger partial charge in [-0.05, 0) is 47.9 Å². The van der Waals surface area contributed by atoms with Gasteiger partial charge in [0.1, 0.15) is 5.75 Å². The first kappa shape index (κ1) is 12.6. The quantitative estimate of drug-likeness (QED) is 0.566. The van der Waals surface area contributed by atoms with Crippen molar-refractivity contribution in [3.05, 3.63) is 64.6 Å². The van der Waals surface area contributed by atoms with E-state index in [9.17, 15) is 9.90 Å². The Bertz CT molecular complexity index is 1080. The zero-order valence-corrected chi connectivity index (χ0v) is 11.9. The Balaban J connectivity index is 2.10. The number of H-pyrrole nitrogens is 1. The first-order valence-electron chi connectivity index (χ1n) is 6.93. The van der Waals surface area contributed by atoms with Crippen LogP contribution in [0.15, 0.2) is 53.3 Å². The van der Waals surface area contributed by atoms with E-state index in [0.29, 0.717) is 5.65 Å². The Morgan fingerprint density at radius 2 is 1.91 bits per heavy atom. The number of aryl methyl sites for hydroxylation is 1. The largest absolute Gasteiger partial charge is 0.508 e. The predicted octanol–water partition coefficient (Wildman–Crippen LogP) is 2.86. The molecule has 0 aliphatic rings. The maximum Gasteiger partial charge on any atom is 0.348 e. The second-order valence-corrected chi connectivity index (χ2v) is 5.33. The van der Waals surface area contributed by atoms with Crippen LogP contribution in [0.5, 0.6) is 5.75 Å². The molecule has 0 atom stereocenters. The van der Waals surface area contributed by atoms with E-state index >= 15 is 0 Å². The molecule has 4 aromatic rings. The smallest absolute Gasteiger partial charge is 0.348 e. The summed E-state index contributed by atoms with van der Waals surface area (Å²) in [6, 6.07) is 14.9. The fourth-order valence-corrected chi connectivity index (χ4v) is 2.83. The standard InChI is InChI=1S/C17H13N3O2/c1-10-7-16-18-19-17(22)20(16)15-9-12(5-6-14(10)15)11-3-2-4-13(21)8-11/h2-9,21H,1H3,(H,19,22). The van der Waals surface area contributed by atoms with Gasteiger partial charge < -0.3 is 5.11 Å². The van der Waals surface area contributed by atoms with Crippen molar-refractivity contribution >= 4 is 16.6 Å². The van der Waals surface area contributed by atoms with E-state index in [4.69, 9.17) is 0 Å². The lowest BCUT2D eigenvalue weighted by Gasteiger charge is -2.08. The summed E-state index contributed by atoms with van der Waals surface area (Å²) in [5.74, 6) is 0.215. The van der Waals surface area contributed by atoms with E-state index in [0.717, 1.165) is 27.6 Å². The fraction of sp³-hybridized carbons (Fsp3) is 0.0588. The molecule has 5 nitrogen and oxygen atoms in total. The third kappa shape index (κ3) is 1.79. The number of phenolic OH excluding ortho intramolecular Hbond substituents is 1. The fourth-order valence-electron chi connectivity index (χ4n) is 2.83. The number of phenols is 1. The van der Waals surface area contributed by atoms with Gasteiger partial charge in [-0.3, -0.25) is 0 Å². The predicted molar refractivity (Wildman–Crippen MR) is 85.2 cm³/mol. The van der Waals surface area contributed by atoms with Gasteiger partial charge in [0.15, 0.2) is 5.65 Å². The molecule has 4 rings (SSSR count). The molecule has 2 heterocycles. The first-order valence-corrected chi connectivity index (χ1v) is 6.93. The van der Waals surface area contributed by atoms with Crippen molar-refractivity contribution < 1.29 is 5.11 Å². The third-order valence-electron chi connectivity index (χ3n) is 3.89. The molecule has 0 radical (unpaired) electrons. The Labute approximate surface area is 125 Å². The number of aromatic hydroxyl groups is 1. The molecule has 2 aromatic heterocycles. The van der Waals surface area contributed by atoms with Crippen LogP contribution in [0.25, 0.3) is 27.7 Å². The first-order chi connectivity index (χ1) is 10.6. The summed E-state index contributed by atoms with van der Waals surface area (Å²) < 4.78 is 1.56. The molecular weight excluding hydrogens is 278 g/mol. The van der Waals surface area contributed by atoms with Gasteiger partial charge in [-0.1, -0.05) is 24.3 Å². The molecule has 0 spiro atoms. The van der Waals surface area contributed by atoms with Crippen molar-refractivity contribution in [2.75, 3.05) is 0 Å². The van der Waals surface area contributed by atoms with Crippen LogP contribution in [-0.2, 0) is 0 Å². The van der Waals surface area contributed by atoms with Gasteiger partial charge in [0.05, 0.1) is 5.52 Å². The van der Waals surface area contributed by atoms with Gasteiger partial charge in [0, 0.05) is 5.39 Å². The van der Waals surface area contributed by atoms with E-state index < -0.39 is 0 Å². The number of aromatic amines is 1. The molecule has 0 unspecified atom stereocenters. The number of hydrogen-bond donors (Lipinski definition) is 2. The summed E-state index contributed by atoms with van der Waals surface area (Å²) in [5.41, 5.74) is 4.03. The molecule has 2 aromatic carbocycles. The van der Waals surface area contributed by atoms with Gasteiger partial charge in [-0.25, -0.2) is 14.3 Å². The average molecular weight is 291 g/mol. The highest BCUT2D eigenvalue weighted by Gasteiger charge is 2.09. The highest BCUT2D eigenvalue weighted by atomic mass is 16.3. The van der Waals surface area contributed by atoms with Gasteiger partial charge in [0.25, 0.3) is 0 Å². The van der Waals surface area contributed by atoms with Crippen molar-refractivity contribution in [3.8, 4) is 16.9 Å². The minimum atomic E-state index is -0.256. The second kappa shape index (κ2) is 4.46. The van der Waals surface area contributed by atoms with Crippen molar-refractivity contribution in [1.29, 1.82) is 0 Å². The second-order valence-electron chi connectivity index (χ2n) is 5.33. The molecule has 0 saturated carbocycles. The van der Waals surface area contributed by atoms with Crippen molar-refractivity contribution in [2.45, 2.75) is 6.92 Å². The highest BCUT2D eigenvalue weighted by Crippen LogP contribution is 2.28. The zero-order chi connectivity index (χ0) is 15.3. The van der Waals surface area contributed by atoms with E-state index in [1.54, 1.807) is 22.6 Å². The average Bonchev–Trinajstić information content (AvgIpc) is 2.88. The molecule has 0 saturated heterocycles. The molecule has 0 bridgehead atoms. The number of aromatic nitrogens is 3. The van der Waals surface area contributed by atoms with E-state index in [1.807, 2.05) is 37.3 Å². The number of pyridine rings is 1. The Morgan fingerprint density at radius 3 is 2.73 bits per heavy atom. The van der Waals surface area contributed by atoms with Gasteiger partial charge in [0.2, 0.25) is 0 Å². The molecule has 108 valence electrons. The molecule has 0 aliphatic heterocycles. The minimum Gasteiger partial charge on any atom is -0.508 e. The lowest BCUT2D eigenvalue weighted by Crippen LogP contribution is -2.10. The number of nitrogens with zero attached hydrogens (tertiary/aromatic N) is 2. The monoisotopic (exact) mass is 291 g/mol. The summed E-state index contributed by atoms with van der Waals surface area (Å²) in [5, 5.41) is 17.2. The van der Waals surface area contributed by atoms with Crippen LogP contribution < -0.4 is 5.69 Å². The number of rotatable bonds is 1. The third-order valence-corrected chi connectivity index (χ3v) is 3.89. The van der Waals surface area contributed by atoms with Crippen LogP contribution in [0.2, 0.25) is 0 Å². The Hall–Kier alpha value is -3.08. The molecule has 2 N–H and O–H groups in total. The number of benzene rings is 2. The van der Waals surface area contributed by atoms with Gasteiger partial charge >= 0.3 is 5.69 Å². The zero-order valence-electron chi connectivity index (χ0n) is 11.9. The summed E-state index contributed by atoms with van der Waals surface area (Å²) in [4.78, 5) is 12.0. The normalized spacial score (nSPS) is 11.3. The van der Waals surface area contributed by atoms with Crippen LogP contribution in [0.4, 0.5) is 0 Å². The molecule has 0 amide bonds. The highest BCUT2D eigenvalue weighted by molar-refractivity contribution is 5.89. The molecule has 5 heteroatoms. The van der Waals surface area contributed by atoms with Crippen LogP contribution in [0.3, 0.4) is 0 Å². The van der Waals surface area contributed by atoms with Gasteiger partial charge in [-0.15, -0.1) is 0 Å². The summed E-state index contributed by atoms with van der Waals surface area (Å²) >= 11 is 0. The molecule has 0 aliphatic carbocycles. The van der Waals surface area contributed by atoms with Crippen molar-refractivity contribution in [1.82, 2.24) is 14.6 Å². The summed E-state index contributed by atoms with van der Waals surface area (Å²) in [6.45, 7) is 2.00. The molecule has 0 fully saturated rings. The SMILES string of the molecule is Cc1cc2n[nH]c(=O)n2c2cc(-c3cccc(O)c3)ccc12. The van der Waals surface area contributed by atoms with Crippen molar-refractivity contribution in [3.63, 3.8) is 0 Å². The van der Waals surface area contributed by atoms with Gasteiger partial charge in [-0.2, -0.15) is 5.10 Å². The number of fused-ring (bicyclic) bond motifs is 3. The lowest BCUT2D eigenvalue weighted by molar-refractivity contribution is 0.475. The minimum absolute atomic E-state index is 0.215. The van der Waals surface area contributed by atoms with E-state index in [1.165, 1.54) is 0 Å². The topological polar surface area (TPSA) is 70.4 Å². The van der Waals surface area contributed by atoms with Crippen molar-refractivity contribution in [2.24, 2.45) is 0 Å². The number of nitrogens with one attached hydrogen (secondary N) is 1. The lowest BCUT2D eigenvalue weighted by atomic mass is 10.0. The van der Waals surface area contributed by atoms with E-state index in [-0.39, 0.29) is 11.4 Å². The maximum absolute atomic E-state index is 12.0. The maximum atomic E-state index is 12.0. The van der Waals surface area contributed by atoms with Crippen LogP contribution in [-0.4, -0.2) is 19.7 Å². The molecule has 22 heavy (non-hydrogen) atoms. The summed E-state index contributed by atoms with van der Waals surface area (Å²) in [7, 11) is 0. The Morgan fingerprint density at radius 1 is 1.09 bits per heavy atom. The molecular formula is C17H13N3O2. The number of hydrogen-bond acceptors (Lipinski definition) is 3. The Kier molecular flexibility index (Phi) is 2.56. The van der Waals surface area contributed by atoms with E-state index in [2.05, 4.69) is 10.2 Å².